The highest BCUT2D eigenvalue weighted by atomic mass is 16.5. The fourth-order valence-electron chi connectivity index (χ4n) is 1.61. The summed E-state index contributed by atoms with van der Waals surface area (Å²) in [5.74, 6) is -0.464. The summed E-state index contributed by atoms with van der Waals surface area (Å²) < 4.78 is 4.94. The van der Waals surface area contributed by atoms with E-state index < -0.39 is 5.97 Å². The van der Waals surface area contributed by atoms with Crippen molar-refractivity contribution >= 4 is 23.6 Å². The number of nitrogens with one attached hydrogen (secondary N) is 1. The molecule has 0 atom stereocenters. The first-order chi connectivity index (χ1) is 9.54. The highest BCUT2D eigenvalue weighted by molar-refractivity contribution is 5.95. The SMILES string of the molecule is CCOC(=O)c1cc(C=CCCNC(C)=O)ccc1N. The van der Waals surface area contributed by atoms with Crippen molar-refractivity contribution in [1.29, 1.82) is 0 Å². The van der Waals surface area contributed by atoms with Crippen molar-refractivity contribution in [3.8, 4) is 0 Å². The molecule has 1 aromatic carbocycles. The number of hydrogen-bond acceptors (Lipinski definition) is 4. The summed E-state index contributed by atoms with van der Waals surface area (Å²) in [4.78, 5) is 22.4. The third-order valence-electron chi connectivity index (χ3n) is 2.57. The summed E-state index contributed by atoms with van der Waals surface area (Å²) in [5.41, 5.74) is 7.40. The van der Waals surface area contributed by atoms with Gasteiger partial charge in [-0.3, -0.25) is 4.79 Å². The van der Waals surface area contributed by atoms with E-state index >= 15 is 0 Å². The average Bonchev–Trinajstić information content (AvgIpc) is 2.40. The number of carbonyl (C=O) groups excluding carboxylic acids is 2. The summed E-state index contributed by atoms with van der Waals surface area (Å²) in [6.45, 7) is 4.13. The predicted octanol–water partition coefficient (Wildman–Crippen LogP) is 1.98. The molecule has 0 unspecified atom stereocenters. The Morgan fingerprint density at radius 2 is 2.15 bits per heavy atom. The number of ether oxygens (including phenoxy) is 1. The van der Waals surface area contributed by atoms with Crippen molar-refractivity contribution in [1.82, 2.24) is 5.32 Å². The minimum absolute atomic E-state index is 0.0459. The van der Waals surface area contributed by atoms with Crippen molar-refractivity contribution in [3.63, 3.8) is 0 Å². The van der Waals surface area contributed by atoms with Crippen molar-refractivity contribution < 1.29 is 14.3 Å². The van der Waals surface area contributed by atoms with Gasteiger partial charge < -0.3 is 15.8 Å². The van der Waals surface area contributed by atoms with E-state index in [9.17, 15) is 9.59 Å². The molecule has 3 N–H and O–H groups in total. The molecule has 0 aliphatic rings. The molecule has 5 nitrogen and oxygen atoms in total. The summed E-state index contributed by atoms with van der Waals surface area (Å²) >= 11 is 0. The highest BCUT2D eigenvalue weighted by Crippen LogP contribution is 2.16. The van der Waals surface area contributed by atoms with E-state index in [0.717, 1.165) is 12.0 Å². The number of nitrogen functional groups attached to an aromatic ring is 1. The van der Waals surface area contributed by atoms with E-state index in [2.05, 4.69) is 5.32 Å². The summed E-state index contributed by atoms with van der Waals surface area (Å²) in [6, 6.07) is 5.20. The molecule has 0 radical (unpaired) electrons. The Bertz CT molecular complexity index is 510. The van der Waals surface area contributed by atoms with E-state index in [4.69, 9.17) is 10.5 Å². The van der Waals surface area contributed by atoms with Gasteiger partial charge in [-0.15, -0.1) is 0 Å². The zero-order valence-electron chi connectivity index (χ0n) is 11.8. The number of hydrogen-bond donors (Lipinski definition) is 2. The maximum Gasteiger partial charge on any atom is 0.340 e. The molecule has 0 fully saturated rings. The number of anilines is 1. The number of rotatable bonds is 6. The minimum atomic E-state index is -0.418. The first-order valence-electron chi connectivity index (χ1n) is 6.52. The molecule has 0 aromatic heterocycles. The van der Waals surface area contributed by atoms with Gasteiger partial charge in [0, 0.05) is 19.2 Å². The van der Waals surface area contributed by atoms with Crippen LogP contribution < -0.4 is 11.1 Å². The normalized spacial score (nSPS) is 10.5. The van der Waals surface area contributed by atoms with Crippen LogP contribution in [-0.2, 0) is 9.53 Å². The first-order valence-corrected chi connectivity index (χ1v) is 6.52. The molecule has 0 bridgehead atoms. The third kappa shape index (κ3) is 5.14. The van der Waals surface area contributed by atoms with Crippen LogP contribution in [0.4, 0.5) is 5.69 Å². The van der Waals surface area contributed by atoms with E-state index in [0.29, 0.717) is 24.4 Å². The van der Waals surface area contributed by atoms with Crippen molar-refractivity contribution in [2.24, 2.45) is 0 Å². The fourth-order valence-corrected chi connectivity index (χ4v) is 1.61. The summed E-state index contributed by atoms with van der Waals surface area (Å²) in [7, 11) is 0. The fraction of sp³-hybridized carbons (Fsp3) is 0.333. The largest absolute Gasteiger partial charge is 0.462 e. The molecule has 20 heavy (non-hydrogen) atoms. The Kier molecular flexibility index (Phi) is 6.29. The number of benzene rings is 1. The monoisotopic (exact) mass is 276 g/mol. The van der Waals surface area contributed by atoms with Crippen LogP contribution in [0.5, 0.6) is 0 Å². The Hall–Kier alpha value is -2.30. The maximum absolute atomic E-state index is 11.7. The van der Waals surface area contributed by atoms with Gasteiger partial charge in [0.25, 0.3) is 0 Å². The molecule has 0 heterocycles. The molecular formula is C15H20N2O3. The quantitative estimate of drug-likeness (QED) is 0.473. The second kappa shape index (κ2) is 7.99. The Labute approximate surface area is 118 Å². The molecule has 0 saturated carbocycles. The number of esters is 1. The van der Waals surface area contributed by atoms with Crippen LogP contribution in [0.3, 0.4) is 0 Å². The Balaban J connectivity index is 2.67. The van der Waals surface area contributed by atoms with Crippen LogP contribution >= 0.6 is 0 Å². The van der Waals surface area contributed by atoms with Gasteiger partial charge in [0.1, 0.15) is 0 Å². The molecule has 0 aliphatic heterocycles. The Morgan fingerprint density at radius 3 is 2.80 bits per heavy atom. The van der Waals surface area contributed by atoms with Gasteiger partial charge in [-0.1, -0.05) is 18.2 Å². The number of carbonyl (C=O) groups is 2. The lowest BCUT2D eigenvalue weighted by Crippen LogP contribution is -2.20. The summed E-state index contributed by atoms with van der Waals surface area (Å²) in [6.07, 6.45) is 4.53. The lowest BCUT2D eigenvalue weighted by Gasteiger charge is -2.06. The zero-order valence-corrected chi connectivity index (χ0v) is 11.8. The molecule has 0 spiro atoms. The van der Waals surface area contributed by atoms with Crippen LogP contribution in [0.2, 0.25) is 0 Å². The average molecular weight is 276 g/mol. The minimum Gasteiger partial charge on any atom is -0.462 e. The molecule has 1 aromatic rings. The zero-order chi connectivity index (χ0) is 15.0. The molecular weight excluding hydrogens is 256 g/mol. The van der Waals surface area contributed by atoms with E-state index in [-0.39, 0.29) is 5.91 Å². The van der Waals surface area contributed by atoms with Gasteiger partial charge in [-0.2, -0.15) is 0 Å². The van der Waals surface area contributed by atoms with Crippen LogP contribution in [0.1, 0.15) is 36.2 Å². The maximum atomic E-state index is 11.7. The van der Waals surface area contributed by atoms with Crippen molar-refractivity contribution in [2.75, 3.05) is 18.9 Å². The third-order valence-corrected chi connectivity index (χ3v) is 2.57. The van der Waals surface area contributed by atoms with E-state index in [1.54, 1.807) is 19.1 Å². The van der Waals surface area contributed by atoms with Gasteiger partial charge >= 0.3 is 5.97 Å². The lowest BCUT2D eigenvalue weighted by atomic mass is 10.1. The molecule has 0 aliphatic carbocycles. The van der Waals surface area contributed by atoms with Crippen LogP contribution in [0.25, 0.3) is 6.08 Å². The van der Waals surface area contributed by atoms with Crippen molar-refractivity contribution in [3.05, 3.63) is 35.4 Å². The first kappa shape index (κ1) is 15.8. The highest BCUT2D eigenvalue weighted by Gasteiger charge is 2.10. The van der Waals surface area contributed by atoms with Gasteiger partial charge in [0.15, 0.2) is 0 Å². The van der Waals surface area contributed by atoms with Gasteiger partial charge in [-0.05, 0) is 31.0 Å². The second-order valence-corrected chi connectivity index (χ2v) is 4.24. The number of amides is 1. The lowest BCUT2D eigenvalue weighted by molar-refractivity contribution is -0.118. The van der Waals surface area contributed by atoms with Crippen LogP contribution in [0.15, 0.2) is 24.3 Å². The van der Waals surface area contributed by atoms with E-state index in [1.807, 2.05) is 18.2 Å². The van der Waals surface area contributed by atoms with Crippen LogP contribution in [-0.4, -0.2) is 25.0 Å². The molecule has 1 amide bonds. The number of nitrogens with two attached hydrogens (primary N) is 1. The van der Waals surface area contributed by atoms with Gasteiger partial charge in [-0.25, -0.2) is 4.79 Å². The van der Waals surface area contributed by atoms with Gasteiger partial charge in [0.2, 0.25) is 5.91 Å². The molecule has 108 valence electrons. The topological polar surface area (TPSA) is 81.4 Å². The standard InChI is InChI=1S/C15H20N2O3/c1-3-20-15(19)13-10-12(7-8-14(13)16)6-4-5-9-17-11(2)18/h4,6-8,10H,3,5,9,16H2,1-2H3,(H,17,18). The van der Waals surface area contributed by atoms with Crippen LogP contribution in [0, 0.1) is 0 Å². The van der Waals surface area contributed by atoms with Crippen molar-refractivity contribution in [2.45, 2.75) is 20.3 Å². The molecule has 0 saturated heterocycles. The van der Waals surface area contributed by atoms with E-state index in [1.165, 1.54) is 6.92 Å². The second-order valence-electron chi connectivity index (χ2n) is 4.24. The van der Waals surface area contributed by atoms with Gasteiger partial charge in [0.05, 0.1) is 12.2 Å². The summed E-state index contributed by atoms with van der Waals surface area (Å²) in [5, 5.41) is 2.70. The smallest absolute Gasteiger partial charge is 0.340 e. The Morgan fingerprint density at radius 1 is 1.40 bits per heavy atom. The molecule has 1 rings (SSSR count). The molecule has 5 heteroatoms. The predicted molar refractivity (Wildman–Crippen MR) is 79.1 cm³/mol.